The van der Waals surface area contributed by atoms with Gasteiger partial charge in [0.25, 0.3) is 5.91 Å². The van der Waals surface area contributed by atoms with E-state index in [1.807, 2.05) is 0 Å². The second-order valence-corrected chi connectivity index (χ2v) is 7.97. The number of anilines is 2. The monoisotopic (exact) mass is 419 g/mol. The molecule has 1 aromatic heterocycles. The summed E-state index contributed by atoms with van der Waals surface area (Å²) in [5.41, 5.74) is 0.383. The van der Waals surface area contributed by atoms with E-state index in [1.54, 1.807) is 29.4 Å². The van der Waals surface area contributed by atoms with Crippen molar-refractivity contribution in [3.8, 4) is 0 Å². The average Bonchev–Trinajstić information content (AvgIpc) is 2.74. The van der Waals surface area contributed by atoms with Crippen molar-refractivity contribution < 1.29 is 4.79 Å². The van der Waals surface area contributed by atoms with E-state index in [4.69, 9.17) is 23.2 Å². The first kappa shape index (κ1) is 19.3. The van der Waals surface area contributed by atoms with E-state index in [2.05, 4.69) is 25.8 Å². The average molecular weight is 420 g/mol. The van der Waals surface area contributed by atoms with E-state index in [9.17, 15) is 4.79 Å². The van der Waals surface area contributed by atoms with Crippen molar-refractivity contribution in [2.45, 2.75) is 19.3 Å². The first-order valence-corrected chi connectivity index (χ1v) is 10.4. The molecule has 0 unspecified atom stereocenters. The maximum absolute atomic E-state index is 12.9. The van der Waals surface area contributed by atoms with Crippen LogP contribution in [0.5, 0.6) is 0 Å². The standard InChI is InChI=1S/C20H23Cl2N5O/c21-15-5-4-6-16(22)19(15)20(28)27-11-9-26(10-12-27)18-13-17(23-14-24-18)25-7-2-1-3-8-25/h4-6,13-14H,1-3,7-12H2. The molecule has 0 radical (unpaired) electrons. The lowest BCUT2D eigenvalue weighted by Gasteiger charge is -2.36. The molecule has 3 heterocycles. The van der Waals surface area contributed by atoms with Crippen LogP contribution in [0.3, 0.4) is 0 Å². The lowest BCUT2D eigenvalue weighted by atomic mass is 10.1. The van der Waals surface area contributed by atoms with Gasteiger partial charge < -0.3 is 14.7 Å². The molecule has 148 valence electrons. The van der Waals surface area contributed by atoms with Gasteiger partial charge in [-0.1, -0.05) is 29.3 Å². The van der Waals surface area contributed by atoms with Crippen molar-refractivity contribution in [3.63, 3.8) is 0 Å². The molecule has 2 aliphatic rings. The Labute approximate surface area is 175 Å². The third kappa shape index (κ3) is 4.03. The fraction of sp³-hybridized carbons (Fsp3) is 0.450. The number of nitrogens with zero attached hydrogens (tertiary/aromatic N) is 5. The number of piperazine rings is 1. The lowest BCUT2D eigenvalue weighted by Crippen LogP contribution is -2.49. The van der Waals surface area contributed by atoms with Gasteiger partial charge in [0.15, 0.2) is 0 Å². The van der Waals surface area contributed by atoms with E-state index in [0.29, 0.717) is 41.8 Å². The molecular weight excluding hydrogens is 397 g/mol. The predicted octanol–water partition coefficient (Wildman–Crippen LogP) is 3.74. The molecule has 0 bridgehead atoms. The summed E-state index contributed by atoms with van der Waals surface area (Å²) in [7, 11) is 0. The fourth-order valence-electron chi connectivity index (χ4n) is 3.80. The summed E-state index contributed by atoms with van der Waals surface area (Å²) in [6.45, 7) is 4.73. The Balaban J connectivity index is 1.42. The van der Waals surface area contributed by atoms with Crippen molar-refractivity contribution in [1.29, 1.82) is 0 Å². The van der Waals surface area contributed by atoms with Gasteiger partial charge in [-0.25, -0.2) is 9.97 Å². The number of carbonyl (C=O) groups excluding carboxylic acids is 1. The van der Waals surface area contributed by atoms with Crippen molar-refractivity contribution in [1.82, 2.24) is 14.9 Å². The van der Waals surface area contributed by atoms with Crippen molar-refractivity contribution >= 4 is 40.7 Å². The molecule has 1 aromatic carbocycles. The van der Waals surface area contributed by atoms with Crippen LogP contribution >= 0.6 is 23.2 Å². The molecule has 0 atom stereocenters. The minimum atomic E-state index is -0.119. The van der Waals surface area contributed by atoms with Crippen molar-refractivity contribution in [2.75, 3.05) is 49.1 Å². The van der Waals surface area contributed by atoms with E-state index < -0.39 is 0 Å². The largest absolute Gasteiger partial charge is 0.356 e. The molecule has 2 fully saturated rings. The van der Waals surface area contributed by atoms with Gasteiger partial charge in [-0.3, -0.25) is 4.79 Å². The summed E-state index contributed by atoms with van der Waals surface area (Å²) in [5, 5.41) is 0.781. The number of rotatable bonds is 3. The second-order valence-electron chi connectivity index (χ2n) is 7.16. The van der Waals surface area contributed by atoms with Crippen molar-refractivity contribution in [3.05, 3.63) is 46.2 Å². The third-order valence-corrected chi connectivity index (χ3v) is 6.02. The first-order chi connectivity index (χ1) is 13.6. The Bertz CT molecular complexity index is 828. The first-order valence-electron chi connectivity index (χ1n) is 9.69. The number of hydrogen-bond donors (Lipinski definition) is 0. The van der Waals surface area contributed by atoms with Crippen LogP contribution in [0, 0.1) is 0 Å². The van der Waals surface area contributed by atoms with Crippen LogP contribution in [-0.2, 0) is 0 Å². The smallest absolute Gasteiger partial charge is 0.257 e. The van der Waals surface area contributed by atoms with Gasteiger partial charge in [0.2, 0.25) is 0 Å². The topological polar surface area (TPSA) is 52.6 Å². The maximum atomic E-state index is 12.9. The number of piperidine rings is 1. The van der Waals surface area contributed by atoms with Crippen LogP contribution in [0.4, 0.5) is 11.6 Å². The Morgan fingerprint density at radius 2 is 1.39 bits per heavy atom. The predicted molar refractivity (Wildman–Crippen MR) is 113 cm³/mol. The van der Waals surface area contributed by atoms with Gasteiger partial charge in [-0.05, 0) is 31.4 Å². The molecule has 8 heteroatoms. The van der Waals surface area contributed by atoms with E-state index >= 15 is 0 Å². The second kappa shape index (κ2) is 8.53. The zero-order valence-corrected chi connectivity index (χ0v) is 17.2. The summed E-state index contributed by atoms with van der Waals surface area (Å²) in [4.78, 5) is 28.1. The molecule has 2 aromatic rings. The van der Waals surface area contributed by atoms with Crippen LogP contribution in [0.25, 0.3) is 0 Å². The molecular formula is C20H23Cl2N5O. The Morgan fingerprint density at radius 1 is 0.821 bits per heavy atom. The minimum absolute atomic E-state index is 0.119. The molecule has 0 N–H and O–H groups in total. The molecule has 1 amide bonds. The molecule has 0 spiro atoms. The zero-order chi connectivity index (χ0) is 19.5. The quantitative estimate of drug-likeness (QED) is 0.758. The molecule has 2 aliphatic heterocycles. The summed E-state index contributed by atoms with van der Waals surface area (Å²) in [5.74, 6) is 1.79. The highest BCUT2D eigenvalue weighted by molar-refractivity contribution is 6.39. The van der Waals surface area contributed by atoms with Gasteiger partial charge in [-0.2, -0.15) is 0 Å². The lowest BCUT2D eigenvalue weighted by molar-refractivity contribution is 0.0747. The normalized spacial score (nSPS) is 17.7. The third-order valence-electron chi connectivity index (χ3n) is 5.39. The number of carbonyl (C=O) groups is 1. The molecule has 0 aliphatic carbocycles. The van der Waals surface area contributed by atoms with Gasteiger partial charge in [0.1, 0.15) is 18.0 Å². The van der Waals surface area contributed by atoms with E-state index in [-0.39, 0.29) is 5.91 Å². The molecule has 2 saturated heterocycles. The zero-order valence-electron chi connectivity index (χ0n) is 15.7. The summed E-state index contributed by atoms with van der Waals surface area (Å²) in [6.07, 6.45) is 5.36. The Hall–Kier alpha value is -2.05. The van der Waals surface area contributed by atoms with E-state index in [0.717, 1.165) is 24.7 Å². The van der Waals surface area contributed by atoms with Crippen LogP contribution < -0.4 is 9.80 Å². The molecule has 4 rings (SSSR count). The highest BCUT2D eigenvalue weighted by atomic mass is 35.5. The van der Waals surface area contributed by atoms with Crippen LogP contribution in [0.2, 0.25) is 10.0 Å². The SMILES string of the molecule is O=C(c1c(Cl)cccc1Cl)N1CCN(c2cc(N3CCCCC3)ncn2)CC1. The van der Waals surface area contributed by atoms with E-state index in [1.165, 1.54) is 19.3 Å². The maximum Gasteiger partial charge on any atom is 0.257 e. The number of halogens is 2. The Kier molecular flexibility index (Phi) is 5.87. The van der Waals surface area contributed by atoms with Crippen LogP contribution in [0.15, 0.2) is 30.6 Å². The van der Waals surface area contributed by atoms with Crippen molar-refractivity contribution in [2.24, 2.45) is 0 Å². The number of benzene rings is 1. The summed E-state index contributed by atoms with van der Waals surface area (Å²) >= 11 is 12.4. The number of hydrogen-bond acceptors (Lipinski definition) is 5. The fourth-order valence-corrected chi connectivity index (χ4v) is 4.36. The number of amides is 1. The van der Waals surface area contributed by atoms with Crippen LogP contribution in [0.1, 0.15) is 29.6 Å². The van der Waals surface area contributed by atoms with Gasteiger partial charge in [0.05, 0.1) is 15.6 Å². The minimum Gasteiger partial charge on any atom is -0.356 e. The van der Waals surface area contributed by atoms with Crippen LogP contribution in [-0.4, -0.2) is 60.0 Å². The van der Waals surface area contributed by atoms with Gasteiger partial charge >= 0.3 is 0 Å². The Morgan fingerprint density at radius 3 is 2.00 bits per heavy atom. The number of aromatic nitrogens is 2. The highest BCUT2D eigenvalue weighted by Gasteiger charge is 2.26. The summed E-state index contributed by atoms with van der Waals surface area (Å²) in [6, 6.07) is 7.20. The molecule has 0 saturated carbocycles. The molecule has 6 nitrogen and oxygen atoms in total. The summed E-state index contributed by atoms with van der Waals surface area (Å²) < 4.78 is 0. The highest BCUT2D eigenvalue weighted by Crippen LogP contribution is 2.27. The van der Waals surface area contributed by atoms with Gasteiger partial charge in [-0.15, -0.1) is 0 Å². The van der Waals surface area contributed by atoms with Gasteiger partial charge in [0, 0.05) is 45.3 Å². The molecule has 28 heavy (non-hydrogen) atoms.